The molecule has 1 amide bonds. The van der Waals surface area contributed by atoms with E-state index in [0.29, 0.717) is 18.3 Å². The van der Waals surface area contributed by atoms with Crippen molar-refractivity contribution in [3.8, 4) is 0 Å². The summed E-state index contributed by atoms with van der Waals surface area (Å²) in [6.45, 7) is 7.49. The fraction of sp³-hybridized carbons (Fsp3) is 0.643. The molecule has 0 bridgehead atoms. The van der Waals surface area contributed by atoms with Crippen molar-refractivity contribution in [1.29, 1.82) is 0 Å². The van der Waals surface area contributed by atoms with Crippen LogP contribution in [-0.2, 0) is 11.2 Å². The molecule has 2 unspecified atom stereocenters. The van der Waals surface area contributed by atoms with Crippen molar-refractivity contribution in [1.82, 2.24) is 10.2 Å². The maximum absolute atomic E-state index is 12.5. The van der Waals surface area contributed by atoms with Crippen molar-refractivity contribution in [3.05, 3.63) is 22.4 Å². The summed E-state index contributed by atoms with van der Waals surface area (Å²) in [5, 5.41) is 5.49. The van der Waals surface area contributed by atoms with Crippen molar-refractivity contribution in [2.75, 3.05) is 19.6 Å². The molecule has 2 aliphatic heterocycles. The quantitative estimate of drug-likeness (QED) is 0.882. The molecule has 4 heteroatoms. The number of carbonyl (C=O) groups is 1. The largest absolute Gasteiger partial charge is 0.337 e. The highest BCUT2D eigenvalue weighted by molar-refractivity contribution is 7.10. The molecule has 3 heterocycles. The maximum Gasteiger partial charge on any atom is 0.228 e. The van der Waals surface area contributed by atoms with Gasteiger partial charge in [0.25, 0.3) is 0 Å². The van der Waals surface area contributed by atoms with Gasteiger partial charge in [-0.3, -0.25) is 4.79 Å². The third-order valence-electron chi connectivity index (χ3n) is 4.57. The van der Waals surface area contributed by atoms with Crippen molar-refractivity contribution in [2.45, 2.75) is 25.8 Å². The van der Waals surface area contributed by atoms with Gasteiger partial charge in [0, 0.05) is 30.1 Å². The second kappa shape index (κ2) is 4.35. The Morgan fingerprint density at radius 2 is 2.39 bits per heavy atom. The SMILES string of the molecule is CC1(C)C2CNCC2CN1C(=O)Cc1cccs1. The zero-order valence-electron chi connectivity index (χ0n) is 11.0. The van der Waals surface area contributed by atoms with Crippen LogP contribution in [0.25, 0.3) is 0 Å². The molecule has 1 aromatic heterocycles. The van der Waals surface area contributed by atoms with Crippen LogP contribution in [0.5, 0.6) is 0 Å². The van der Waals surface area contributed by atoms with E-state index >= 15 is 0 Å². The lowest BCUT2D eigenvalue weighted by Gasteiger charge is -2.35. The molecule has 0 saturated carbocycles. The number of thiophene rings is 1. The molecular weight excluding hydrogens is 244 g/mol. The molecule has 1 aromatic rings. The molecule has 2 aliphatic rings. The van der Waals surface area contributed by atoms with Gasteiger partial charge in [0.1, 0.15) is 0 Å². The summed E-state index contributed by atoms with van der Waals surface area (Å²) in [5.74, 6) is 1.55. The summed E-state index contributed by atoms with van der Waals surface area (Å²) >= 11 is 1.67. The topological polar surface area (TPSA) is 32.3 Å². The van der Waals surface area contributed by atoms with Gasteiger partial charge in [0.05, 0.1) is 6.42 Å². The lowest BCUT2D eigenvalue weighted by atomic mass is 9.85. The predicted molar refractivity (Wildman–Crippen MR) is 73.7 cm³/mol. The number of nitrogens with one attached hydrogen (secondary N) is 1. The van der Waals surface area contributed by atoms with Crippen LogP contribution in [0.4, 0.5) is 0 Å². The van der Waals surface area contributed by atoms with Gasteiger partial charge in [-0.05, 0) is 37.1 Å². The minimum absolute atomic E-state index is 0.00249. The van der Waals surface area contributed by atoms with Crippen molar-refractivity contribution >= 4 is 17.2 Å². The molecule has 3 nitrogen and oxygen atoms in total. The number of hydrogen-bond donors (Lipinski definition) is 1. The minimum Gasteiger partial charge on any atom is -0.337 e. The van der Waals surface area contributed by atoms with Gasteiger partial charge in [-0.15, -0.1) is 11.3 Å². The van der Waals surface area contributed by atoms with Gasteiger partial charge in [-0.25, -0.2) is 0 Å². The molecule has 0 spiro atoms. The van der Waals surface area contributed by atoms with E-state index in [1.807, 2.05) is 17.5 Å². The maximum atomic E-state index is 12.5. The Morgan fingerprint density at radius 1 is 1.56 bits per heavy atom. The predicted octanol–water partition coefficient (Wildman–Crippen LogP) is 1.75. The van der Waals surface area contributed by atoms with E-state index in [-0.39, 0.29) is 11.4 Å². The number of fused-ring (bicyclic) bond motifs is 1. The monoisotopic (exact) mass is 264 g/mol. The lowest BCUT2D eigenvalue weighted by Crippen LogP contribution is -2.48. The second-order valence-electron chi connectivity index (χ2n) is 5.94. The number of carbonyl (C=O) groups excluding carboxylic acids is 1. The second-order valence-corrected chi connectivity index (χ2v) is 6.97. The lowest BCUT2D eigenvalue weighted by molar-refractivity contribution is -0.134. The molecular formula is C14H20N2OS. The fourth-order valence-electron chi connectivity index (χ4n) is 3.50. The number of amides is 1. The number of hydrogen-bond acceptors (Lipinski definition) is 3. The van der Waals surface area contributed by atoms with Gasteiger partial charge in [-0.2, -0.15) is 0 Å². The van der Waals surface area contributed by atoms with Crippen LogP contribution in [-0.4, -0.2) is 36.0 Å². The highest BCUT2D eigenvalue weighted by Gasteiger charge is 2.50. The van der Waals surface area contributed by atoms with Crippen LogP contribution in [0.15, 0.2) is 17.5 Å². The van der Waals surface area contributed by atoms with Crippen LogP contribution in [0, 0.1) is 11.8 Å². The average molecular weight is 264 g/mol. The highest BCUT2D eigenvalue weighted by Crippen LogP contribution is 2.40. The Balaban J connectivity index is 1.74. The summed E-state index contributed by atoms with van der Waals surface area (Å²) in [5.41, 5.74) is 0.00249. The Labute approximate surface area is 112 Å². The molecule has 0 aliphatic carbocycles. The molecule has 0 aromatic carbocycles. The van der Waals surface area contributed by atoms with Crippen molar-refractivity contribution in [3.63, 3.8) is 0 Å². The Hall–Kier alpha value is -0.870. The zero-order chi connectivity index (χ0) is 12.8. The summed E-state index contributed by atoms with van der Waals surface area (Å²) in [4.78, 5) is 15.8. The number of nitrogens with zero attached hydrogens (tertiary/aromatic N) is 1. The first kappa shape index (κ1) is 12.2. The average Bonchev–Trinajstić information content (AvgIpc) is 2.98. The molecule has 2 fully saturated rings. The normalized spacial score (nSPS) is 29.6. The van der Waals surface area contributed by atoms with Crippen molar-refractivity contribution < 1.29 is 4.79 Å². The summed E-state index contributed by atoms with van der Waals surface area (Å²) < 4.78 is 0. The number of likely N-dealkylation sites (tertiary alicyclic amines) is 1. The van der Waals surface area contributed by atoms with E-state index in [4.69, 9.17) is 0 Å². The van der Waals surface area contributed by atoms with Gasteiger partial charge in [0.2, 0.25) is 5.91 Å². The first-order valence-electron chi connectivity index (χ1n) is 6.62. The van der Waals surface area contributed by atoms with Gasteiger partial charge >= 0.3 is 0 Å². The third kappa shape index (κ3) is 1.88. The van der Waals surface area contributed by atoms with E-state index in [1.54, 1.807) is 11.3 Å². The van der Waals surface area contributed by atoms with Crippen molar-refractivity contribution in [2.24, 2.45) is 11.8 Å². The van der Waals surface area contributed by atoms with Crippen LogP contribution in [0.3, 0.4) is 0 Å². The van der Waals surface area contributed by atoms with Crippen LogP contribution in [0.1, 0.15) is 18.7 Å². The van der Waals surface area contributed by atoms with E-state index in [9.17, 15) is 4.79 Å². The van der Waals surface area contributed by atoms with Gasteiger partial charge in [0.15, 0.2) is 0 Å². The Bertz CT molecular complexity index is 441. The van der Waals surface area contributed by atoms with Gasteiger partial charge in [-0.1, -0.05) is 6.07 Å². The highest BCUT2D eigenvalue weighted by atomic mass is 32.1. The molecule has 98 valence electrons. The van der Waals surface area contributed by atoms with E-state index in [2.05, 4.69) is 24.1 Å². The first-order valence-corrected chi connectivity index (χ1v) is 7.50. The number of rotatable bonds is 2. The molecule has 3 rings (SSSR count). The standard InChI is InChI=1S/C14H20N2OS/c1-14(2)12-8-15-7-10(12)9-16(14)13(17)6-11-4-3-5-18-11/h3-5,10,12,15H,6-9H2,1-2H3. The van der Waals surface area contributed by atoms with Crippen LogP contribution < -0.4 is 5.32 Å². The first-order chi connectivity index (χ1) is 8.59. The Morgan fingerprint density at radius 3 is 3.06 bits per heavy atom. The smallest absolute Gasteiger partial charge is 0.228 e. The molecule has 2 saturated heterocycles. The summed E-state index contributed by atoms with van der Waals surface area (Å²) in [7, 11) is 0. The van der Waals surface area contributed by atoms with Crippen LogP contribution >= 0.6 is 11.3 Å². The van der Waals surface area contributed by atoms with E-state index in [0.717, 1.165) is 19.6 Å². The summed E-state index contributed by atoms with van der Waals surface area (Å²) in [6, 6.07) is 4.06. The molecule has 18 heavy (non-hydrogen) atoms. The third-order valence-corrected chi connectivity index (χ3v) is 5.44. The minimum atomic E-state index is 0.00249. The fourth-order valence-corrected chi connectivity index (χ4v) is 4.20. The summed E-state index contributed by atoms with van der Waals surface area (Å²) in [6.07, 6.45) is 0.563. The molecule has 1 N–H and O–H groups in total. The zero-order valence-corrected chi connectivity index (χ0v) is 11.8. The Kier molecular flexibility index (Phi) is 2.94. The van der Waals surface area contributed by atoms with Crippen LogP contribution in [0.2, 0.25) is 0 Å². The molecule has 0 radical (unpaired) electrons. The van der Waals surface area contributed by atoms with E-state index in [1.165, 1.54) is 4.88 Å². The van der Waals surface area contributed by atoms with E-state index < -0.39 is 0 Å². The molecule has 2 atom stereocenters. The van der Waals surface area contributed by atoms with Gasteiger partial charge < -0.3 is 10.2 Å².